The maximum absolute atomic E-state index is 5.55. The Labute approximate surface area is 289 Å². The summed E-state index contributed by atoms with van der Waals surface area (Å²) in [5.74, 6) is 0.691. The lowest BCUT2D eigenvalue weighted by Gasteiger charge is -2.12. The van der Waals surface area contributed by atoms with Crippen LogP contribution in [-0.4, -0.2) is 14.5 Å². The Morgan fingerprint density at radius 2 is 1.02 bits per heavy atom. The number of rotatable bonds is 3. The average molecular weight is 660 g/mol. The van der Waals surface area contributed by atoms with Crippen LogP contribution in [0.25, 0.3) is 101 Å². The normalized spacial score (nSPS) is 12.1. The van der Waals surface area contributed by atoms with Crippen molar-refractivity contribution in [3.63, 3.8) is 0 Å². The molecule has 11 rings (SSSR count). The summed E-state index contributed by atoms with van der Waals surface area (Å²) in [6.07, 6.45) is 0. The first-order valence-corrected chi connectivity index (χ1v) is 18.1. The minimum atomic E-state index is 0.691. The molecular formula is C44H25N3S2. The lowest BCUT2D eigenvalue weighted by molar-refractivity contribution is 1.02. The Kier molecular flexibility index (Phi) is 5.70. The molecule has 0 N–H and O–H groups in total. The van der Waals surface area contributed by atoms with E-state index in [2.05, 4.69) is 156 Å². The summed E-state index contributed by atoms with van der Waals surface area (Å²) >= 11 is 3.64. The predicted molar refractivity (Wildman–Crippen MR) is 211 cm³/mol. The predicted octanol–water partition coefficient (Wildman–Crippen LogP) is 12.8. The second kappa shape index (κ2) is 10.3. The molecule has 0 atom stereocenters. The van der Waals surface area contributed by atoms with Gasteiger partial charge in [-0.25, -0.2) is 9.97 Å². The van der Waals surface area contributed by atoms with Crippen molar-refractivity contribution in [1.82, 2.24) is 14.5 Å². The lowest BCUT2D eigenvalue weighted by Crippen LogP contribution is -2.03. The van der Waals surface area contributed by atoms with Gasteiger partial charge in [0.25, 0.3) is 0 Å². The zero-order chi connectivity index (χ0) is 32.1. The fourth-order valence-corrected chi connectivity index (χ4v) is 10.1. The summed E-state index contributed by atoms with van der Waals surface area (Å²) in [5, 5.41) is 8.73. The highest BCUT2D eigenvalue weighted by Crippen LogP contribution is 2.48. The fraction of sp³-hybridized carbons (Fsp3) is 0. The number of thiophene rings is 2. The number of hydrogen-bond donors (Lipinski definition) is 0. The van der Waals surface area contributed by atoms with Gasteiger partial charge in [0.2, 0.25) is 5.95 Å². The monoisotopic (exact) mass is 659 g/mol. The van der Waals surface area contributed by atoms with Gasteiger partial charge in [-0.2, -0.15) is 0 Å². The molecule has 0 spiro atoms. The van der Waals surface area contributed by atoms with Gasteiger partial charge in [-0.15, -0.1) is 22.7 Å². The summed E-state index contributed by atoms with van der Waals surface area (Å²) in [7, 11) is 0. The Hall–Kier alpha value is -5.88. The molecule has 4 aromatic heterocycles. The highest BCUT2D eigenvalue weighted by molar-refractivity contribution is 7.27. The van der Waals surface area contributed by atoms with Gasteiger partial charge in [-0.3, -0.25) is 4.57 Å². The summed E-state index contributed by atoms with van der Waals surface area (Å²) in [4.78, 5) is 11.0. The molecule has 0 saturated heterocycles. The van der Waals surface area contributed by atoms with Gasteiger partial charge in [0.05, 0.1) is 31.6 Å². The molecule has 49 heavy (non-hydrogen) atoms. The van der Waals surface area contributed by atoms with Crippen LogP contribution < -0.4 is 0 Å². The van der Waals surface area contributed by atoms with Gasteiger partial charge < -0.3 is 0 Å². The standard InChI is InChI=1S/C44H25N3S2/c1-2-13-26(14-3-1)27-15-12-16-28(25-27)39-43-40(33-21-8-11-24-36(33)49-43)46-44(45-39)47-34-22-9-6-19-31(34)37-29-17-4-5-18-30(29)38-32-20-7-10-23-35(32)48-42(38)41(37)47/h1-25H. The number of nitrogens with zero attached hydrogens (tertiary/aromatic N) is 3. The van der Waals surface area contributed by atoms with Crippen molar-refractivity contribution in [1.29, 1.82) is 0 Å². The Morgan fingerprint density at radius 3 is 1.84 bits per heavy atom. The topological polar surface area (TPSA) is 30.7 Å². The second-order valence-corrected chi connectivity index (χ2v) is 14.6. The van der Waals surface area contributed by atoms with Gasteiger partial charge >= 0.3 is 0 Å². The number of aromatic nitrogens is 3. The first-order chi connectivity index (χ1) is 24.3. The summed E-state index contributed by atoms with van der Waals surface area (Å²) in [5.41, 5.74) is 7.66. The van der Waals surface area contributed by atoms with Crippen molar-refractivity contribution in [3.05, 3.63) is 152 Å². The molecule has 11 aromatic rings. The van der Waals surface area contributed by atoms with Crippen LogP contribution in [0.5, 0.6) is 0 Å². The molecule has 5 heteroatoms. The molecule has 0 aliphatic carbocycles. The first-order valence-electron chi connectivity index (χ1n) is 16.4. The molecular weight excluding hydrogens is 635 g/mol. The van der Waals surface area contributed by atoms with Crippen LogP contribution in [0.2, 0.25) is 0 Å². The van der Waals surface area contributed by atoms with Gasteiger partial charge in [0.1, 0.15) is 0 Å². The summed E-state index contributed by atoms with van der Waals surface area (Å²) in [6, 6.07) is 54.4. The third kappa shape index (κ3) is 3.88. The van der Waals surface area contributed by atoms with E-state index >= 15 is 0 Å². The highest BCUT2D eigenvalue weighted by atomic mass is 32.1. The van der Waals surface area contributed by atoms with Crippen LogP contribution >= 0.6 is 22.7 Å². The van der Waals surface area contributed by atoms with Gasteiger partial charge in [-0.1, -0.05) is 127 Å². The van der Waals surface area contributed by atoms with E-state index in [0.29, 0.717) is 5.95 Å². The van der Waals surface area contributed by atoms with Crippen LogP contribution in [0, 0.1) is 0 Å². The van der Waals surface area contributed by atoms with Crippen molar-refractivity contribution in [2.24, 2.45) is 0 Å². The fourth-order valence-electron chi connectivity index (χ4n) is 7.69. The molecule has 228 valence electrons. The van der Waals surface area contributed by atoms with E-state index in [4.69, 9.17) is 9.97 Å². The van der Waals surface area contributed by atoms with E-state index in [0.717, 1.165) is 32.4 Å². The average Bonchev–Trinajstić information content (AvgIpc) is 3.85. The number of fused-ring (bicyclic) bond motifs is 13. The Balaban J connectivity index is 1.32. The largest absolute Gasteiger partial charge is 0.276 e. The minimum absolute atomic E-state index is 0.691. The Bertz CT molecular complexity index is 3110. The van der Waals surface area contributed by atoms with E-state index in [9.17, 15) is 0 Å². The van der Waals surface area contributed by atoms with Crippen molar-refractivity contribution < 1.29 is 0 Å². The number of para-hydroxylation sites is 1. The molecule has 3 nitrogen and oxygen atoms in total. The quantitative estimate of drug-likeness (QED) is 0.189. The lowest BCUT2D eigenvalue weighted by atomic mass is 9.99. The Morgan fingerprint density at radius 1 is 0.429 bits per heavy atom. The molecule has 0 bridgehead atoms. The van der Waals surface area contributed by atoms with E-state index < -0.39 is 0 Å². The molecule has 0 saturated carbocycles. The van der Waals surface area contributed by atoms with Crippen molar-refractivity contribution in [3.8, 4) is 28.3 Å². The van der Waals surface area contributed by atoms with Crippen LogP contribution in [-0.2, 0) is 0 Å². The van der Waals surface area contributed by atoms with Crippen LogP contribution in [0.15, 0.2) is 152 Å². The van der Waals surface area contributed by atoms with E-state index in [1.165, 1.54) is 63.1 Å². The maximum atomic E-state index is 5.55. The number of hydrogen-bond acceptors (Lipinski definition) is 4. The smallest absolute Gasteiger partial charge is 0.235 e. The van der Waals surface area contributed by atoms with Gasteiger partial charge in [0, 0.05) is 41.9 Å². The maximum Gasteiger partial charge on any atom is 0.235 e. The number of benzene rings is 7. The van der Waals surface area contributed by atoms with Gasteiger partial charge in [0.15, 0.2) is 0 Å². The van der Waals surface area contributed by atoms with Crippen molar-refractivity contribution in [2.75, 3.05) is 0 Å². The van der Waals surface area contributed by atoms with E-state index in [-0.39, 0.29) is 0 Å². The molecule has 0 aliphatic rings. The van der Waals surface area contributed by atoms with Crippen molar-refractivity contribution >= 4 is 95.7 Å². The van der Waals surface area contributed by atoms with Crippen LogP contribution in [0.1, 0.15) is 0 Å². The summed E-state index contributed by atoms with van der Waals surface area (Å²) < 4.78 is 7.20. The van der Waals surface area contributed by atoms with Gasteiger partial charge in [-0.05, 0) is 46.2 Å². The van der Waals surface area contributed by atoms with Crippen molar-refractivity contribution in [2.45, 2.75) is 0 Å². The molecule has 4 heterocycles. The SMILES string of the molecule is c1ccc(-c2cccc(-c3nc(-n4c5ccccc5c5c6ccccc6c6c7ccccc7sc6c54)nc4c3sc3ccccc34)c2)cc1. The van der Waals surface area contributed by atoms with Crippen LogP contribution in [0.3, 0.4) is 0 Å². The van der Waals surface area contributed by atoms with E-state index in [1.54, 1.807) is 11.3 Å². The minimum Gasteiger partial charge on any atom is -0.276 e. The highest BCUT2D eigenvalue weighted by Gasteiger charge is 2.24. The molecule has 7 aromatic carbocycles. The second-order valence-electron chi connectivity index (χ2n) is 12.5. The van der Waals surface area contributed by atoms with E-state index in [1.807, 2.05) is 11.3 Å². The third-order valence-electron chi connectivity index (χ3n) is 9.80. The molecule has 0 radical (unpaired) electrons. The third-order valence-corrected chi connectivity index (χ3v) is 12.1. The zero-order valence-electron chi connectivity index (χ0n) is 26.1. The first kappa shape index (κ1) is 27.1. The molecule has 0 aliphatic heterocycles. The molecule has 0 amide bonds. The molecule has 0 fully saturated rings. The summed E-state index contributed by atoms with van der Waals surface area (Å²) in [6.45, 7) is 0. The zero-order valence-corrected chi connectivity index (χ0v) is 27.7. The van der Waals surface area contributed by atoms with Crippen LogP contribution in [0.4, 0.5) is 0 Å². The molecule has 0 unspecified atom stereocenters.